The van der Waals surface area contributed by atoms with Gasteiger partial charge < -0.3 is 14.4 Å². The maximum Gasteiger partial charge on any atom is 0.261 e. The number of carbonyl (C=O) groups is 1. The minimum absolute atomic E-state index is 0.148. The zero-order valence-corrected chi connectivity index (χ0v) is 21.3. The van der Waals surface area contributed by atoms with Gasteiger partial charge in [-0.3, -0.25) is 14.4 Å². The molecule has 1 saturated heterocycles. The van der Waals surface area contributed by atoms with Gasteiger partial charge in [0.1, 0.15) is 0 Å². The van der Waals surface area contributed by atoms with Crippen LogP contribution in [0.2, 0.25) is 5.02 Å². The lowest BCUT2D eigenvalue weighted by molar-refractivity contribution is 0.0628. The molecule has 0 spiro atoms. The molecule has 1 N–H and O–H groups in total. The molecule has 2 heterocycles. The number of hydrogen-bond donors (Lipinski definition) is 1. The van der Waals surface area contributed by atoms with E-state index < -0.39 is 10.0 Å². The molecular weight excluding hydrogens is 502 g/mol. The summed E-state index contributed by atoms with van der Waals surface area (Å²) >= 11 is 6.34. The molecular formula is C26H26ClN3O5S. The second-order valence-corrected chi connectivity index (χ2v) is 11.0. The number of hydrogen-bond acceptors (Lipinski definition) is 6. The number of carbonyl (C=O) groups excluding carboxylic acids is 1. The van der Waals surface area contributed by atoms with E-state index in [9.17, 15) is 13.2 Å². The number of anilines is 1. The lowest BCUT2D eigenvalue weighted by Crippen LogP contribution is -2.48. The van der Waals surface area contributed by atoms with Crippen molar-refractivity contribution in [2.45, 2.75) is 18.4 Å². The van der Waals surface area contributed by atoms with Gasteiger partial charge in [-0.15, -0.1) is 0 Å². The number of aryl methyl sites for hydroxylation is 1. The Hall–Kier alpha value is -3.27. The van der Waals surface area contributed by atoms with Gasteiger partial charge in [0.15, 0.2) is 11.5 Å². The van der Waals surface area contributed by atoms with Crippen LogP contribution in [0.15, 0.2) is 65.6 Å². The number of rotatable bonds is 6. The number of amides is 1. The van der Waals surface area contributed by atoms with Crippen molar-refractivity contribution in [3.63, 3.8) is 0 Å². The van der Waals surface area contributed by atoms with E-state index in [1.165, 1.54) is 12.1 Å². The molecule has 8 nitrogen and oxygen atoms in total. The molecule has 0 bridgehead atoms. The SMILES string of the molecule is Cc1ccc(S(=O)(=O)Nc2ccc(Cl)c(C(=O)N3CCN(Cc4ccc5c(c4)OCO5)CC3)c2)cc1. The molecule has 2 aliphatic heterocycles. The normalized spacial score (nSPS) is 15.7. The molecule has 5 rings (SSSR count). The molecule has 3 aromatic carbocycles. The summed E-state index contributed by atoms with van der Waals surface area (Å²) in [5.41, 5.74) is 2.63. The van der Waals surface area contributed by atoms with Crippen molar-refractivity contribution in [2.24, 2.45) is 0 Å². The third kappa shape index (κ3) is 5.28. The fourth-order valence-corrected chi connectivity index (χ4v) is 5.51. The van der Waals surface area contributed by atoms with Crippen LogP contribution < -0.4 is 14.2 Å². The smallest absolute Gasteiger partial charge is 0.261 e. The second kappa shape index (κ2) is 10.0. The van der Waals surface area contributed by atoms with Gasteiger partial charge in [0.25, 0.3) is 15.9 Å². The third-order valence-corrected chi connectivity index (χ3v) is 8.01. The van der Waals surface area contributed by atoms with Crippen LogP contribution in [-0.2, 0) is 16.6 Å². The zero-order chi connectivity index (χ0) is 25.3. The van der Waals surface area contributed by atoms with E-state index >= 15 is 0 Å². The highest BCUT2D eigenvalue weighted by Gasteiger charge is 2.25. The molecule has 0 unspecified atom stereocenters. The number of ether oxygens (including phenoxy) is 2. The number of benzene rings is 3. The zero-order valence-electron chi connectivity index (χ0n) is 19.7. The first kappa shape index (κ1) is 24.4. The molecule has 0 aliphatic carbocycles. The van der Waals surface area contributed by atoms with E-state index in [-0.39, 0.29) is 33.9 Å². The second-order valence-electron chi connectivity index (χ2n) is 8.87. The number of piperazine rings is 1. The van der Waals surface area contributed by atoms with Crippen molar-refractivity contribution >= 4 is 33.2 Å². The van der Waals surface area contributed by atoms with Gasteiger partial charge >= 0.3 is 0 Å². The fourth-order valence-electron chi connectivity index (χ4n) is 4.26. The van der Waals surface area contributed by atoms with Crippen LogP contribution >= 0.6 is 11.6 Å². The third-order valence-electron chi connectivity index (χ3n) is 6.28. The van der Waals surface area contributed by atoms with Gasteiger partial charge in [-0.2, -0.15) is 0 Å². The Balaban J connectivity index is 1.23. The Bertz CT molecular complexity index is 1390. The summed E-state index contributed by atoms with van der Waals surface area (Å²) in [6.45, 7) is 5.37. The van der Waals surface area contributed by atoms with E-state index in [2.05, 4.69) is 9.62 Å². The van der Waals surface area contributed by atoms with Crippen molar-refractivity contribution < 1.29 is 22.7 Å². The first-order chi connectivity index (χ1) is 17.3. The number of fused-ring (bicyclic) bond motifs is 1. The molecule has 10 heteroatoms. The van der Waals surface area contributed by atoms with Crippen LogP contribution in [0.1, 0.15) is 21.5 Å². The minimum Gasteiger partial charge on any atom is -0.454 e. The highest BCUT2D eigenvalue weighted by Crippen LogP contribution is 2.33. The number of halogens is 1. The molecule has 1 amide bonds. The van der Waals surface area contributed by atoms with E-state index in [0.717, 1.165) is 29.2 Å². The summed E-state index contributed by atoms with van der Waals surface area (Å²) in [4.78, 5) is 17.4. The van der Waals surface area contributed by atoms with Gasteiger partial charge in [-0.25, -0.2) is 8.42 Å². The summed E-state index contributed by atoms with van der Waals surface area (Å²) in [5.74, 6) is 1.29. The summed E-state index contributed by atoms with van der Waals surface area (Å²) in [6.07, 6.45) is 0. The van der Waals surface area contributed by atoms with E-state index in [1.54, 1.807) is 35.2 Å². The highest BCUT2D eigenvalue weighted by molar-refractivity contribution is 7.92. The van der Waals surface area contributed by atoms with Gasteiger partial charge in [-0.05, 0) is 55.0 Å². The molecule has 188 valence electrons. The van der Waals surface area contributed by atoms with Crippen molar-refractivity contribution in [2.75, 3.05) is 37.7 Å². The summed E-state index contributed by atoms with van der Waals surface area (Å²) in [7, 11) is -3.79. The minimum atomic E-state index is -3.79. The average molecular weight is 528 g/mol. The van der Waals surface area contributed by atoms with Crippen LogP contribution in [-0.4, -0.2) is 57.1 Å². The number of nitrogens with zero attached hydrogens (tertiary/aromatic N) is 2. The van der Waals surface area contributed by atoms with Crippen LogP contribution in [0.25, 0.3) is 0 Å². The van der Waals surface area contributed by atoms with Crippen LogP contribution in [0.3, 0.4) is 0 Å². The molecule has 0 aromatic heterocycles. The van der Waals surface area contributed by atoms with Crippen molar-refractivity contribution in [3.05, 3.63) is 82.4 Å². The van der Waals surface area contributed by atoms with E-state index in [4.69, 9.17) is 21.1 Å². The quantitative estimate of drug-likeness (QED) is 0.518. The topological polar surface area (TPSA) is 88.2 Å². The predicted molar refractivity (Wildman–Crippen MR) is 137 cm³/mol. The molecule has 0 radical (unpaired) electrons. The van der Waals surface area contributed by atoms with Gasteiger partial charge in [0, 0.05) is 38.4 Å². The molecule has 0 atom stereocenters. The van der Waals surface area contributed by atoms with Crippen molar-refractivity contribution in [1.82, 2.24) is 9.80 Å². The lowest BCUT2D eigenvalue weighted by atomic mass is 10.1. The van der Waals surface area contributed by atoms with Gasteiger partial charge in [0.05, 0.1) is 15.5 Å². The van der Waals surface area contributed by atoms with Crippen LogP contribution in [0.5, 0.6) is 11.5 Å². The summed E-state index contributed by atoms with van der Waals surface area (Å²) in [6, 6.07) is 17.1. The average Bonchev–Trinajstić information content (AvgIpc) is 3.33. The Labute approximate surface area is 215 Å². The standard InChI is InChI=1S/C26H26ClN3O5S/c1-18-2-6-21(7-3-18)36(32,33)28-20-5-8-23(27)22(15-20)26(31)30-12-10-29(11-13-30)16-19-4-9-24-25(14-19)35-17-34-24/h2-9,14-15,28H,10-13,16-17H2,1H3. The molecule has 2 aliphatic rings. The largest absolute Gasteiger partial charge is 0.454 e. The van der Waals surface area contributed by atoms with Crippen LogP contribution in [0, 0.1) is 6.92 Å². The first-order valence-electron chi connectivity index (χ1n) is 11.6. The van der Waals surface area contributed by atoms with E-state index in [1.807, 2.05) is 25.1 Å². The maximum absolute atomic E-state index is 13.3. The fraction of sp³-hybridized carbons (Fsp3) is 0.269. The van der Waals surface area contributed by atoms with Gasteiger partial charge in [0.2, 0.25) is 6.79 Å². The Kier molecular flexibility index (Phi) is 6.79. The monoisotopic (exact) mass is 527 g/mol. The van der Waals surface area contributed by atoms with E-state index in [0.29, 0.717) is 26.2 Å². The molecule has 1 fully saturated rings. The Morgan fingerprint density at radius 3 is 2.42 bits per heavy atom. The number of nitrogens with one attached hydrogen (secondary N) is 1. The summed E-state index contributed by atoms with van der Waals surface area (Å²) in [5, 5.41) is 0.279. The molecule has 0 saturated carbocycles. The molecule has 36 heavy (non-hydrogen) atoms. The Morgan fingerprint density at radius 2 is 1.67 bits per heavy atom. The maximum atomic E-state index is 13.3. The lowest BCUT2D eigenvalue weighted by Gasteiger charge is -2.35. The van der Waals surface area contributed by atoms with Crippen LogP contribution in [0.4, 0.5) is 5.69 Å². The first-order valence-corrected chi connectivity index (χ1v) is 13.4. The predicted octanol–water partition coefficient (Wildman–Crippen LogP) is 4.14. The number of sulfonamides is 1. The van der Waals surface area contributed by atoms with Gasteiger partial charge in [-0.1, -0.05) is 35.4 Å². The van der Waals surface area contributed by atoms with Crippen molar-refractivity contribution in [3.8, 4) is 11.5 Å². The highest BCUT2D eigenvalue weighted by atomic mass is 35.5. The summed E-state index contributed by atoms with van der Waals surface area (Å²) < 4.78 is 38.9. The molecule has 3 aromatic rings. The Morgan fingerprint density at radius 1 is 0.944 bits per heavy atom. The van der Waals surface area contributed by atoms with Crippen molar-refractivity contribution in [1.29, 1.82) is 0 Å².